The Bertz CT molecular complexity index is 584. The number of hydrogen-bond acceptors (Lipinski definition) is 3. The van der Waals surface area contributed by atoms with E-state index in [4.69, 9.17) is 0 Å². The molecular weight excluding hydrogens is 331 g/mol. The van der Waals surface area contributed by atoms with Gasteiger partial charge in [-0.05, 0) is 63.3 Å². The minimum absolute atomic E-state index is 0.0479. The van der Waals surface area contributed by atoms with Gasteiger partial charge in [-0.3, -0.25) is 0 Å². The zero-order chi connectivity index (χ0) is 18.5. The minimum Gasteiger partial charge on any atom is -0.371 e. The average molecular weight is 362 g/mol. The largest absolute Gasteiger partial charge is 0.371 e. The maximum absolute atomic E-state index is 13.0. The van der Waals surface area contributed by atoms with Gasteiger partial charge in [0.1, 0.15) is 5.82 Å². The molecule has 2 fully saturated rings. The van der Waals surface area contributed by atoms with E-state index in [1.165, 1.54) is 12.1 Å². The monoisotopic (exact) mass is 362 g/mol. The van der Waals surface area contributed by atoms with Crippen molar-refractivity contribution < 1.29 is 9.18 Å². The summed E-state index contributed by atoms with van der Waals surface area (Å²) in [5, 5.41) is 6.16. The van der Waals surface area contributed by atoms with Gasteiger partial charge in [0.05, 0.1) is 0 Å². The molecule has 2 N–H and O–H groups in total. The average Bonchev–Trinajstić information content (AvgIpc) is 3.10. The number of benzene rings is 1. The molecule has 2 heterocycles. The zero-order valence-corrected chi connectivity index (χ0v) is 15.9. The highest BCUT2D eigenvalue weighted by molar-refractivity contribution is 5.74. The van der Waals surface area contributed by atoms with E-state index in [0.717, 1.165) is 51.1 Å². The molecule has 0 saturated carbocycles. The van der Waals surface area contributed by atoms with E-state index in [2.05, 4.69) is 34.3 Å². The molecule has 0 spiro atoms. The molecule has 2 aliphatic heterocycles. The van der Waals surface area contributed by atoms with Gasteiger partial charge >= 0.3 is 6.03 Å². The van der Waals surface area contributed by atoms with Gasteiger partial charge in [0.15, 0.2) is 0 Å². The Morgan fingerprint density at radius 1 is 1.15 bits per heavy atom. The molecule has 2 aliphatic rings. The number of halogens is 1. The molecule has 144 valence electrons. The number of hydrogen-bond donors (Lipinski definition) is 2. The molecule has 1 unspecified atom stereocenters. The fraction of sp³-hybridized carbons (Fsp3) is 0.650. The summed E-state index contributed by atoms with van der Waals surface area (Å²) >= 11 is 0. The molecule has 6 heteroatoms. The number of amides is 2. The molecule has 0 bridgehead atoms. The van der Waals surface area contributed by atoms with E-state index in [-0.39, 0.29) is 17.9 Å². The Hall–Kier alpha value is -1.82. The van der Waals surface area contributed by atoms with Crippen molar-refractivity contribution in [3.63, 3.8) is 0 Å². The smallest absolute Gasteiger partial charge is 0.315 e. The number of piperidine rings is 1. The van der Waals surface area contributed by atoms with Crippen molar-refractivity contribution in [1.29, 1.82) is 0 Å². The Kier molecular flexibility index (Phi) is 6.35. The van der Waals surface area contributed by atoms with Crippen LogP contribution in [0.5, 0.6) is 0 Å². The van der Waals surface area contributed by atoms with Gasteiger partial charge in [0.2, 0.25) is 0 Å². The summed E-state index contributed by atoms with van der Waals surface area (Å²) in [6, 6.07) is 7.45. The maximum atomic E-state index is 13.0. The molecule has 26 heavy (non-hydrogen) atoms. The van der Waals surface area contributed by atoms with Crippen molar-refractivity contribution in [2.24, 2.45) is 5.92 Å². The van der Waals surface area contributed by atoms with Crippen LogP contribution < -0.4 is 15.5 Å². The van der Waals surface area contributed by atoms with Crippen LogP contribution in [-0.2, 0) is 0 Å². The summed E-state index contributed by atoms with van der Waals surface area (Å²) in [6.07, 6.45) is 3.09. The number of rotatable bonds is 5. The lowest BCUT2D eigenvalue weighted by molar-refractivity contribution is 0.161. The number of nitrogens with one attached hydrogen (secondary N) is 2. The lowest BCUT2D eigenvalue weighted by Crippen LogP contribution is -2.49. The molecule has 3 rings (SSSR count). The fourth-order valence-corrected chi connectivity index (χ4v) is 3.92. The SMILES string of the molecule is CC(C)N1CCC(NC(=O)NCC2CCN(c3ccc(F)cc3)C2)CC1. The number of nitrogens with zero attached hydrogens (tertiary/aromatic N) is 2. The van der Waals surface area contributed by atoms with Crippen molar-refractivity contribution >= 4 is 11.7 Å². The highest BCUT2D eigenvalue weighted by atomic mass is 19.1. The Balaban J connectivity index is 1.36. The van der Waals surface area contributed by atoms with Gasteiger partial charge in [-0.1, -0.05) is 0 Å². The second kappa shape index (κ2) is 8.71. The predicted octanol–water partition coefficient (Wildman–Crippen LogP) is 2.82. The normalized spacial score (nSPS) is 22.0. The van der Waals surface area contributed by atoms with Crippen molar-refractivity contribution in [3.05, 3.63) is 30.1 Å². The van der Waals surface area contributed by atoms with E-state index in [9.17, 15) is 9.18 Å². The number of carbonyl (C=O) groups is 1. The molecule has 0 aliphatic carbocycles. The van der Waals surface area contributed by atoms with Gasteiger partial charge in [-0.15, -0.1) is 0 Å². The maximum Gasteiger partial charge on any atom is 0.315 e. The first-order valence-corrected chi connectivity index (χ1v) is 9.80. The number of anilines is 1. The first kappa shape index (κ1) is 19.0. The van der Waals surface area contributed by atoms with Crippen molar-refractivity contribution in [2.75, 3.05) is 37.6 Å². The second-order valence-corrected chi connectivity index (χ2v) is 7.84. The molecular formula is C20H31FN4O. The van der Waals surface area contributed by atoms with E-state index in [0.29, 0.717) is 18.5 Å². The number of carbonyl (C=O) groups excluding carboxylic acids is 1. The number of likely N-dealkylation sites (tertiary alicyclic amines) is 1. The standard InChI is InChI=1S/C20H31FN4O/c1-15(2)24-11-8-18(9-12-24)23-20(26)22-13-16-7-10-25(14-16)19-5-3-17(21)4-6-19/h3-6,15-16,18H,7-14H2,1-2H3,(H2,22,23,26). The molecule has 0 radical (unpaired) electrons. The molecule has 1 aromatic rings. The van der Waals surface area contributed by atoms with Crippen LogP contribution in [0, 0.1) is 11.7 Å². The van der Waals surface area contributed by atoms with E-state index >= 15 is 0 Å². The van der Waals surface area contributed by atoms with Crippen LogP contribution in [0.25, 0.3) is 0 Å². The quantitative estimate of drug-likeness (QED) is 0.847. The van der Waals surface area contributed by atoms with Crippen LogP contribution in [0.4, 0.5) is 14.9 Å². The van der Waals surface area contributed by atoms with Gasteiger partial charge in [-0.25, -0.2) is 9.18 Å². The van der Waals surface area contributed by atoms with Gasteiger partial charge in [-0.2, -0.15) is 0 Å². The molecule has 2 saturated heterocycles. The van der Waals surface area contributed by atoms with Crippen LogP contribution in [0.2, 0.25) is 0 Å². The first-order valence-electron chi connectivity index (χ1n) is 9.80. The van der Waals surface area contributed by atoms with Crippen molar-refractivity contribution in [3.8, 4) is 0 Å². The molecule has 0 aromatic heterocycles. The van der Waals surface area contributed by atoms with Gasteiger partial charge < -0.3 is 20.4 Å². The van der Waals surface area contributed by atoms with Crippen molar-refractivity contribution in [1.82, 2.24) is 15.5 Å². The van der Waals surface area contributed by atoms with Crippen LogP contribution >= 0.6 is 0 Å². The fourth-order valence-electron chi connectivity index (χ4n) is 3.92. The molecule has 5 nitrogen and oxygen atoms in total. The lowest BCUT2D eigenvalue weighted by Gasteiger charge is -2.34. The third-order valence-electron chi connectivity index (χ3n) is 5.62. The second-order valence-electron chi connectivity index (χ2n) is 7.84. The van der Waals surface area contributed by atoms with Crippen LogP contribution in [0.1, 0.15) is 33.1 Å². The highest BCUT2D eigenvalue weighted by Crippen LogP contribution is 2.23. The molecule has 1 atom stereocenters. The molecule has 1 aromatic carbocycles. The summed E-state index contributed by atoms with van der Waals surface area (Å²) in [5.41, 5.74) is 1.05. The molecule has 2 amide bonds. The Morgan fingerprint density at radius 2 is 1.85 bits per heavy atom. The lowest BCUT2D eigenvalue weighted by atomic mass is 10.0. The van der Waals surface area contributed by atoms with E-state index in [1.807, 2.05) is 12.1 Å². The minimum atomic E-state index is -0.206. The summed E-state index contributed by atoms with van der Waals surface area (Å²) in [6.45, 7) is 9.09. The van der Waals surface area contributed by atoms with Crippen LogP contribution in [0.15, 0.2) is 24.3 Å². The predicted molar refractivity (Wildman–Crippen MR) is 103 cm³/mol. The van der Waals surface area contributed by atoms with Crippen LogP contribution in [-0.4, -0.2) is 55.7 Å². The third-order valence-corrected chi connectivity index (χ3v) is 5.62. The van der Waals surface area contributed by atoms with E-state index < -0.39 is 0 Å². The highest BCUT2D eigenvalue weighted by Gasteiger charge is 2.25. The van der Waals surface area contributed by atoms with Gasteiger partial charge in [0, 0.05) is 50.5 Å². The summed E-state index contributed by atoms with van der Waals surface area (Å²) in [5.74, 6) is 0.232. The summed E-state index contributed by atoms with van der Waals surface area (Å²) < 4.78 is 13.0. The summed E-state index contributed by atoms with van der Waals surface area (Å²) in [4.78, 5) is 16.9. The van der Waals surface area contributed by atoms with Crippen LogP contribution in [0.3, 0.4) is 0 Å². The first-order chi connectivity index (χ1) is 12.5. The van der Waals surface area contributed by atoms with E-state index in [1.54, 1.807) is 0 Å². The third kappa shape index (κ3) is 5.10. The summed E-state index contributed by atoms with van der Waals surface area (Å²) in [7, 11) is 0. The Morgan fingerprint density at radius 3 is 2.50 bits per heavy atom. The van der Waals surface area contributed by atoms with Gasteiger partial charge in [0.25, 0.3) is 0 Å². The Labute approximate surface area is 155 Å². The van der Waals surface area contributed by atoms with Crippen molar-refractivity contribution in [2.45, 2.75) is 45.2 Å². The zero-order valence-electron chi connectivity index (χ0n) is 15.9. The topological polar surface area (TPSA) is 47.6 Å². The number of urea groups is 1.